The molecule has 4 nitrogen and oxygen atoms in total. The van der Waals surface area contributed by atoms with Gasteiger partial charge in [-0.2, -0.15) is 5.10 Å². The van der Waals surface area contributed by atoms with Gasteiger partial charge in [0.25, 0.3) is 0 Å². The lowest BCUT2D eigenvalue weighted by Crippen LogP contribution is -2.19. The van der Waals surface area contributed by atoms with Crippen molar-refractivity contribution in [2.45, 2.75) is 13.5 Å². The quantitative estimate of drug-likeness (QED) is 0.881. The Morgan fingerprint density at radius 3 is 3.00 bits per heavy atom. The van der Waals surface area contributed by atoms with Crippen molar-refractivity contribution in [3.63, 3.8) is 0 Å². The molecule has 0 bridgehead atoms. The Hall–Kier alpha value is -2.17. The van der Waals surface area contributed by atoms with Gasteiger partial charge < -0.3 is 5.32 Å². The molecule has 0 spiro atoms. The molecule has 0 radical (unpaired) electrons. The molecule has 1 heterocycles. The van der Waals surface area contributed by atoms with E-state index in [1.165, 1.54) is 10.7 Å². The fourth-order valence-corrected chi connectivity index (χ4v) is 1.45. The fourth-order valence-electron chi connectivity index (χ4n) is 1.45. The monoisotopic (exact) mass is 233 g/mol. The number of benzene rings is 1. The molecule has 0 saturated heterocycles. The van der Waals surface area contributed by atoms with Crippen LogP contribution in [0.25, 0.3) is 0 Å². The molecule has 0 unspecified atom stereocenters. The number of halogens is 1. The lowest BCUT2D eigenvalue weighted by Gasteiger charge is -2.07. The first-order valence-electron chi connectivity index (χ1n) is 5.18. The normalized spacial score (nSPS) is 10.2. The number of carbonyl (C=O) groups is 1. The van der Waals surface area contributed by atoms with Gasteiger partial charge in [-0.25, -0.2) is 4.39 Å². The zero-order valence-corrected chi connectivity index (χ0v) is 9.35. The summed E-state index contributed by atoms with van der Waals surface area (Å²) < 4.78 is 14.9. The van der Waals surface area contributed by atoms with E-state index in [4.69, 9.17) is 0 Å². The maximum atomic E-state index is 13.5. The van der Waals surface area contributed by atoms with Gasteiger partial charge in [0.1, 0.15) is 12.4 Å². The number of aromatic nitrogens is 2. The minimum atomic E-state index is -0.432. The van der Waals surface area contributed by atoms with Crippen molar-refractivity contribution in [3.8, 4) is 0 Å². The van der Waals surface area contributed by atoms with Crippen LogP contribution in [-0.4, -0.2) is 15.7 Å². The Kier molecular flexibility index (Phi) is 3.18. The average molecular weight is 233 g/mol. The first-order valence-corrected chi connectivity index (χ1v) is 5.18. The highest BCUT2D eigenvalue weighted by Gasteiger charge is 2.07. The van der Waals surface area contributed by atoms with Gasteiger partial charge in [0, 0.05) is 12.4 Å². The zero-order chi connectivity index (χ0) is 12.3. The van der Waals surface area contributed by atoms with Crippen LogP contribution in [0, 0.1) is 12.7 Å². The molecule has 2 aromatic rings. The summed E-state index contributed by atoms with van der Waals surface area (Å²) in [5, 5.41) is 6.40. The summed E-state index contributed by atoms with van der Waals surface area (Å²) >= 11 is 0. The lowest BCUT2D eigenvalue weighted by atomic mass is 10.2. The van der Waals surface area contributed by atoms with Gasteiger partial charge in [-0.1, -0.05) is 6.07 Å². The molecule has 0 aliphatic heterocycles. The van der Waals surface area contributed by atoms with Gasteiger partial charge in [0.2, 0.25) is 5.91 Å². The second-order valence-corrected chi connectivity index (χ2v) is 3.74. The predicted octanol–water partition coefficient (Wildman–Crippen LogP) is 1.97. The summed E-state index contributed by atoms with van der Waals surface area (Å²) in [5.41, 5.74) is 1.00. The highest BCUT2D eigenvalue weighted by molar-refractivity contribution is 5.90. The minimum absolute atomic E-state index is 0.0698. The first kappa shape index (κ1) is 11.3. The second kappa shape index (κ2) is 4.78. The van der Waals surface area contributed by atoms with Crippen molar-refractivity contribution in [2.24, 2.45) is 0 Å². The van der Waals surface area contributed by atoms with E-state index in [0.717, 1.165) is 5.56 Å². The molecule has 0 fully saturated rings. The number of anilines is 1. The van der Waals surface area contributed by atoms with Crippen molar-refractivity contribution in [1.82, 2.24) is 9.78 Å². The predicted molar refractivity (Wildman–Crippen MR) is 62.0 cm³/mol. The van der Waals surface area contributed by atoms with Crippen LogP contribution in [0.1, 0.15) is 5.56 Å². The molecule has 0 atom stereocenters. The molecule has 0 aliphatic rings. The van der Waals surface area contributed by atoms with Crippen molar-refractivity contribution in [1.29, 1.82) is 0 Å². The Bertz CT molecular complexity index is 523. The third kappa shape index (κ3) is 2.90. The van der Waals surface area contributed by atoms with E-state index >= 15 is 0 Å². The van der Waals surface area contributed by atoms with Crippen LogP contribution in [0.4, 0.5) is 10.1 Å². The van der Waals surface area contributed by atoms with Crippen LogP contribution in [0.5, 0.6) is 0 Å². The number of aryl methyl sites for hydroxylation is 1. The van der Waals surface area contributed by atoms with E-state index in [-0.39, 0.29) is 18.1 Å². The molecule has 1 aromatic carbocycles. The molecule has 0 saturated carbocycles. The molecule has 0 aliphatic carbocycles. The molecule has 1 aromatic heterocycles. The standard InChI is InChI=1S/C12H12FN3O/c1-9-3-4-11(10(13)7-9)15-12(17)8-16-6-2-5-14-16/h2-7H,8H2,1H3,(H,15,17). The molecule has 1 amide bonds. The van der Waals surface area contributed by atoms with E-state index in [0.29, 0.717) is 0 Å². The third-order valence-electron chi connectivity index (χ3n) is 2.26. The smallest absolute Gasteiger partial charge is 0.246 e. The molecule has 5 heteroatoms. The van der Waals surface area contributed by atoms with Crippen molar-refractivity contribution in [2.75, 3.05) is 5.32 Å². The molecular formula is C12H12FN3O. The van der Waals surface area contributed by atoms with E-state index in [1.54, 1.807) is 37.5 Å². The average Bonchev–Trinajstić information content (AvgIpc) is 2.75. The van der Waals surface area contributed by atoms with Gasteiger partial charge in [-0.15, -0.1) is 0 Å². The number of hydrogen-bond acceptors (Lipinski definition) is 2. The molecule has 88 valence electrons. The van der Waals surface area contributed by atoms with Crippen molar-refractivity contribution in [3.05, 3.63) is 48.0 Å². The summed E-state index contributed by atoms with van der Waals surface area (Å²) in [7, 11) is 0. The topological polar surface area (TPSA) is 46.9 Å². The lowest BCUT2D eigenvalue weighted by molar-refractivity contribution is -0.116. The SMILES string of the molecule is Cc1ccc(NC(=O)Cn2cccn2)c(F)c1. The van der Waals surface area contributed by atoms with Gasteiger partial charge >= 0.3 is 0 Å². The minimum Gasteiger partial charge on any atom is -0.322 e. The van der Waals surface area contributed by atoms with Gasteiger partial charge in [0.15, 0.2) is 0 Å². The number of nitrogens with zero attached hydrogens (tertiary/aromatic N) is 2. The zero-order valence-electron chi connectivity index (χ0n) is 9.35. The number of rotatable bonds is 3. The Morgan fingerprint density at radius 1 is 1.53 bits per heavy atom. The molecule has 17 heavy (non-hydrogen) atoms. The Labute approximate surface area is 98.1 Å². The van der Waals surface area contributed by atoms with Gasteiger partial charge in [0.05, 0.1) is 5.69 Å². The van der Waals surface area contributed by atoms with Gasteiger partial charge in [-0.05, 0) is 30.7 Å². The van der Waals surface area contributed by atoms with E-state index in [9.17, 15) is 9.18 Å². The van der Waals surface area contributed by atoms with Crippen LogP contribution in [0.15, 0.2) is 36.7 Å². The summed E-state index contributed by atoms with van der Waals surface area (Å²) in [5.74, 6) is -0.740. The first-order chi connectivity index (χ1) is 8.15. The Balaban J connectivity index is 2.03. The number of nitrogens with one attached hydrogen (secondary N) is 1. The summed E-state index contributed by atoms with van der Waals surface area (Å²) in [6.07, 6.45) is 3.25. The van der Waals surface area contributed by atoms with E-state index < -0.39 is 5.82 Å². The van der Waals surface area contributed by atoms with Crippen LogP contribution in [0.2, 0.25) is 0 Å². The van der Waals surface area contributed by atoms with E-state index in [1.807, 2.05) is 0 Å². The molecule has 2 rings (SSSR count). The van der Waals surface area contributed by atoms with Crippen LogP contribution in [0.3, 0.4) is 0 Å². The fraction of sp³-hybridized carbons (Fsp3) is 0.167. The number of carbonyl (C=O) groups excluding carboxylic acids is 1. The van der Waals surface area contributed by atoms with E-state index in [2.05, 4.69) is 10.4 Å². The maximum Gasteiger partial charge on any atom is 0.246 e. The highest BCUT2D eigenvalue weighted by atomic mass is 19.1. The van der Waals surface area contributed by atoms with Crippen molar-refractivity contribution >= 4 is 11.6 Å². The highest BCUT2D eigenvalue weighted by Crippen LogP contribution is 2.15. The van der Waals surface area contributed by atoms with Crippen LogP contribution >= 0.6 is 0 Å². The maximum absolute atomic E-state index is 13.5. The molecular weight excluding hydrogens is 221 g/mol. The van der Waals surface area contributed by atoms with Crippen LogP contribution < -0.4 is 5.32 Å². The van der Waals surface area contributed by atoms with Crippen molar-refractivity contribution < 1.29 is 9.18 Å². The second-order valence-electron chi connectivity index (χ2n) is 3.74. The van der Waals surface area contributed by atoms with Gasteiger partial charge in [-0.3, -0.25) is 9.48 Å². The summed E-state index contributed by atoms with van der Waals surface area (Å²) in [6.45, 7) is 1.86. The largest absolute Gasteiger partial charge is 0.322 e. The Morgan fingerprint density at radius 2 is 2.35 bits per heavy atom. The number of amides is 1. The number of hydrogen-bond donors (Lipinski definition) is 1. The molecule has 1 N–H and O–H groups in total. The summed E-state index contributed by atoms with van der Waals surface area (Å²) in [4.78, 5) is 11.6. The summed E-state index contributed by atoms with van der Waals surface area (Å²) in [6, 6.07) is 6.39. The third-order valence-corrected chi connectivity index (χ3v) is 2.26. The van der Waals surface area contributed by atoms with Crippen LogP contribution in [-0.2, 0) is 11.3 Å².